The van der Waals surface area contributed by atoms with Gasteiger partial charge in [0.15, 0.2) is 9.84 Å². The molecule has 0 saturated carbocycles. The second-order valence-corrected chi connectivity index (χ2v) is 9.33. The summed E-state index contributed by atoms with van der Waals surface area (Å²) in [5, 5.41) is -0.391. The van der Waals surface area contributed by atoms with E-state index in [1.807, 2.05) is 0 Å². The van der Waals surface area contributed by atoms with E-state index in [9.17, 15) is 16.8 Å². The molecule has 1 fully saturated rings. The lowest BCUT2D eigenvalue weighted by atomic mass is 10.3. The summed E-state index contributed by atoms with van der Waals surface area (Å²) in [5.41, 5.74) is 0.190. The molecule has 106 valence electrons. The predicted octanol–water partition coefficient (Wildman–Crippen LogP) is 1.92. The van der Waals surface area contributed by atoms with Gasteiger partial charge in [0.2, 0.25) is 10.0 Å². The zero-order chi connectivity index (χ0) is 14.3. The van der Waals surface area contributed by atoms with Gasteiger partial charge in [0.05, 0.1) is 27.5 Å². The number of nitrogens with one attached hydrogen (secondary N) is 1. The first-order chi connectivity index (χ1) is 8.70. The van der Waals surface area contributed by atoms with Crippen LogP contribution in [0.25, 0.3) is 0 Å². The molecule has 1 unspecified atom stereocenters. The molecular formula is C10H11Cl2NO4S2. The molecule has 2 rings (SSSR count). The first kappa shape index (κ1) is 14.9. The molecule has 0 radical (unpaired) electrons. The van der Waals surface area contributed by atoms with E-state index >= 15 is 0 Å². The molecule has 0 spiro atoms. The Morgan fingerprint density at radius 1 is 1.26 bits per heavy atom. The highest BCUT2D eigenvalue weighted by molar-refractivity contribution is 7.97. The minimum absolute atomic E-state index is 0.100. The van der Waals surface area contributed by atoms with E-state index in [0.717, 1.165) is 0 Å². The number of sulfonamides is 1. The Bertz CT molecular complexity index is 700. The van der Waals surface area contributed by atoms with E-state index < -0.39 is 25.1 Å². The fraction of sp³-hybridized carbons (Fsp3) is 0.400. The highest BCUT2D eigenvalue weighted by Gasteiger charge is 2.37. The molecule has 0 aromatic heterocycles. The lowest BCUT2D eigenvalue weighted by molar-refractivity contribution is 0.587. The lowest BCUT2D eigenvalue weighted by Gasteiger charge is -2.13. The van der Waals surface area contributed by atoms with Crippen molar-refractivity contribution in [2.45, 2.75) is 11.7 Å². The average molecular weight is 344 g/mol. The summed E-state index contributed by atoms with van der Waals surface area (Å²) >= 11 is 11.6. The molecule has 1 aromatic carbocycles. The lowest BCUT2D eigenvalue weighted by Crippen LogP contribution is -2.28. The number of hydrogen-bond acceptors (Lipinski definition) is 4. The van der Waals surface area contributed by atoms with Crippen molar-refractivity contribution < 1.29 is 16.8 Å². The number of sulfone groups is 1. The average Bonchev–Trinajstić information content (AvgIpc) is 2.64. The monoisotopic (exact) mass is 343 g/mol. The zero-order valence-electron chi connectivity index (χ0n) is 9.64. The Kier molecular flexibility index (Phi) is 4.02. The van der Waals surface area contributed by atoms with Crippen LogP contribution in [0.4, 0.5) is 5.69 Å². The first-order valence-corrected chi connectivity index (χ1v) is 9.49. The maximum atomic E-state index is 12.1. The van der Waals surface area contributed by atoms with E-state index in [-0.39, 0.29) is 28.6 Å². The molecule has 1 saturated heterocycles. The van der Waals surface area contributed by atoms with Gasteiger partial charge in [-0.15, -0.1) is 0 Å². The third-order valence-corrected chi connectivity index (χ3v) is 7.12. The van der Waals surface area contributed by atoms with E-state index in [0.29, 0.717) is 5.02 Å². The first-order valence-electron chi connectivity index (χ1n) is 5.37. The molecule has 19 heavy (non-hydrogen) atoms. The van der Waals surface area contributed by atoms with Gasteiger partial charge in [-0.05, 0) is 24.6 Å². The summed E-state index contributed by atoms with van der Waals surface area (Å²) in [6.07, 6.45) is 0.100. The van der Waals surface area contributed by atoms with Crippen LogP contribution in [0.1, 0.15) is 6.42 Å². The van der Waals surface area contributed by atoms with Crippen LogP contribution < -0.4 is 4.72 Å². The number of rotatable bonds is 3. The Morgan fingerprint density at radius 2 is 1.95 bits per heavy atom. The van der Waals surface area contributed by atoms with Gasteiger partial charge in [-0.1, -0.05) is 23.2 Å². The number of hydrogen-bond donors (Lipinski definition) is 1. The van der Waals surface area contributed by atoms with Crippen molar-refractivity contribution in [1.82, 2.24) is 0 Å². The molecule has 1 heterocycles. The SMILES string of the molecule is O=S1(=O)CCC(S(=O)(=O)Nc2ccc(Cl)cc2Cl)C1. The van der Waals surface area contributed by atoms with Crippen molar-refractivity contribution >= 4 is 48.7 Å². The van der Waals surface area contributed by atoms with Crippen LogP contribution in [-0.2, 0) is 19.9 Å². The Balaban J connectivity index is 2.23. The summed E-state index contributed by atoms with van der Waals surface area (Å²) in [4.78, 5) is 0. The zero-order valence-corrected chi connectivity index (χ0v) is 12.8. The maximum absolute atomic E-state index is 12.1. The van der Waals surface area contributed by atoms with Crippen LogP contribution in [0, 0.1) is 0 Å². The van der Waals surface area contributed by atoms with Crippen molar-refractivity contribution in [2.24, 2.45) is 0 Å². The van der Waals surface area contributed by atoms with Gasteiger partial charge in [0, 0.05) is 5.02 Å². The molecule has 1 aliphatic rings. The minimum atomic E-state index is -3.78. The van der Waals surface area contributed by atoms with Crippen LogP contribution >= 0.6 is 23.2 Å². The fourth-order valence-electron chi connectivity index (χ4n) is 1.81. The number of benzene rings is 1. The molecule has 1 aromatic rings. The molecule has 1 N–H and O–H groups in total. The quantitative estimate of drug-likeness (QED) is 0.908. The number of anilines is 1. The van der Waals surface area contributed by atoms with Crippen molar-refractivity contribution in [2.75, 3.05) is 16.2 Å². The molecular weight excluding hydrogens is 333 g/mol. The summed E-state index contributed by atoms with van der Waals surface area (Å²) in [5.74, 6) is -0.458. The van der Waals surface area contributed by atoms with E-state index in [1.165, 1.54) is 18.2 Å². The van der Waals surface area contributed by atoms with Gasteiger partial charge in [0.1, 0.15) is 0 Å². The second kappa shape index (κ2) is 5.12. The predicted molar refractivity (Wildman–Crippen MR) is 76.1 cm³/mol. The van der Waals surface area contributed by atoms with Gasteiger partial charge in [-0.2, -0.15) is 0 Å². The van der Waals surface area contributed by atoms with Crippen LogP contribution in [0.2, 0.25) is 10.0 Å². The van der Waals surface area contributed by atoms with Gasteiger partial charge in [-0.25, -0.2) is 16.8 Å². The Hall–Kier alpha value is -0.500. The van der Waals surface area contributed by atoms with Crippen LogP contribution in [-0.4, -0.2) is 33.6 Å². The summed E-state index contributed by atoms with van der Waals surface area (Å²) in [7, 11) is -7.04. The van der Waals surface area contributed by atoms with Gasteiger partial charge < -0.3 is 0 Å². The third kappa shape index (κ3) is 3.53. The van der Waals surface area contributed by atoms with Crippen molar-refractivity contribution in [3.63, 3.8) is 0 Å². The standard InChI is InChI=1S/C10H11Cl2NO4S2/c11-7-1-2-10(9(12)5-7)13-19(16,17)8-3-4-18(14,15)6-8/h1-2,5,8,13H,3-4,6H2. The van der Waals surface area contributed by atoms with Gasteiger partial charge in [-0.3, -0.25) is 4.72 Å². The fourth-order valence-corrected chi connectivity index (χ4v) is 6.44. The van der Waals surface area contributed by atoms with E-state index in [4.69, 9.17) is 23.2 Å². The second-order valence-electron chi connectivity index (χ2n) is 4.30. The molecule has 1 atom stereocenters. The Morgan fingerprint density at radius 3 is 2.47 bits per heavy atom. The number of halogens is 2. The molecule has 0 amide bonds. The maximum Gasteiger partial charge on any atom is 0.236 e. The summed E-state index contributed by atoms with van der Waals surface area (Å²) < 4.78 is 49.1. The van der Waals surface area contributed by atoms with E-state index in [1.54, 1.807) is 0 Å². The van der Waals surface area contributed by atoms with Crippen molar-refractivity contribution in [3.05, 3.63) is 28.2 Å². The molecule has 9 heteroatoms. The Labute approximate surface area is 121 Å². The summed E-state index contributed by atoms with van der Waals surface area (Å²) in [6, 6.07) is 4.34. The topological polar surface area (TPSA) is 80.3 Å². The molecule has 5 nitrogen and oxygen atoms in total. The van der Waals surface area contributed by atoms with Crippen LogP contribution in [0.3, 0.4) is 0 Å². The summed E-state index contributed by atoms with van der Waals surface area (Å²) in [6.45, 7) is 0. The normalized spacial score (nSPS) is 22.3. The van der Waals surface area contributed by atoms with Crippen molar-refractivity contribution in [1.29, 1.82) is 0 Å². The van der Waals surface area contributed by atoms with Gasteiger partial charge in [0.25, 0.3) is 0 Å². The van der Waals surface area contributed by atoms with Gasteiger partial charge >= 0.3 is 0 Å². The van der Waals surface area contributed by atoms with Crippen LogP contribution in [0.15, 0.2) is 18.2 Å². The smallest absolute Gasteiger partial charge is 0.236 e. The highest BCUT2D eigenvalue weighted by Crippen LogP contribution is 2.28. The molecule has 0 aliphatic carbocycles. The molecule has 1 aliphatic heterocycles. The molecule has 0 bridgehead atoms. The third-order valence-electron chi connectivity index (χ3n) is 2.81. The minimum Gasteiger partial charge on any atom is -0.282 e. The van der Waals surface area contributed by atoms with E-state index in [2.05, 4.69) is 4.72 Å². The highest BCUT2D eigenvalue weighted by atomic mass is 35.5. The largest absolute Gasteiger partial charge is 0.282 e. The van der Waals surface area contributed by atoms with Crippen LogP contribution in [0.5, 0.6) is 0 Å². The van der Waals surface area contributed by atoms with Crippen molar-refractivity contribution in [3.8, 4) is 0 Å².